The summed E-state index contributed by atoms with van der Waals surface area (Å²) in [5.74, 6) is -0.173. The Balaban J connectivity index is 1.97. The van der Waals surface area contributed by atoms with E-state index in [0.29, 0.717) is 12.5 Å². The average molecular weight is 269 g/mol. The van der Waals surface area contributed by atoms with Crippen molar-refractivity contribution < 1.29 is 14.3 Å². The molecule has 2 heterocycles. The van der Waals surface area contributed by atoms with Crippen LogP contribution in [0.5, 0.6) is 0 Å². The maximum absolute atomic E-state index is 11.5. The average Bonchev–Trinajstić information content (AvgIpc) is 2.93. The van der Waals surface area contributed by atoms with Crippen LogP contribution in [0.25, 0.3) is 0 Å². The van der Waals surface area contributed by atoms with Gasteiger partial charge in [0.05, 0.1) is 19.6 Å². The molecule has 2 rings (SSSR count). The van der Waals surface area contributed by atoms with Crippen molar-refractivity contribution in [3.63, 3.8) is 0 Å². The minimum absolute atomic E-state index is 0.0561. The van der Waals surface area contributed by atoms with E-state index in [4.69, 9.17) is 9.47 Å². The zero-order chi connectivity index (χ0) is 12.8. The molecule has 1 N–H and O–H groups in total. The smallest absolute Gasteiger partial charge is 0.307 e. The van der Waals surface area contributed by atoms with Gasteiger partial charge in [-0.1, -0.05) is 6.07 Å². The second kappa shape index (κ2) is 6.87. The van der Waals surface area contributed by atoms with E-state index in [1.807, 2.05) is 11.4 Å². The molecule has 4 nitrogen and oxygen atoms in total. The molecule has 0 aromatic carbocycles. The predicted molar refractivity (Wildman–Crippen MR) is 70.7 cm³/mol. The van der Waals surface area contributed by atoms with Gasteiger partial charge in [0, 0.05) is 24.1 Å². The lowest BCUT2D eigenvalue weighted by atomic mass is 10.1. The second-order valence-electron chi connectivity index (χ2n) is 4.40. The van der Waals surface area contributed by atoms with E-state index >= 15 is 0 Å². The molecule has 1 fully saturated rings. The van der Waals surface area contributed by atoms with E-state index in [1.54, 1.807) is 11.3 Å². The Morgan fingerprint density at radius 3 is 3.00 bits per heavy atom. The lowest BCUT2D eigenvalue weighted by Gasteiger charge is -2.27. The molecule has 18 heavy (non-hydrogen) atoms. The molecule has 1 unspecified atom stereocenters. The lowest BCUT2D eigenvalue weighted by Crippen LogP contribution is -2.38. The topological polar surface area (TPSA) is 47.6 Å². The largest absolute Gasteiger partial charge is 0.469 e. The zero-order valence-electron chi connectivity index (χ0n) is 10.6. The highest BCUT2D eigenvalue weighted by Crippen LogP contribution is 2.24. The Labute approximate surface area is 111 Å². The van der Waals surface area contributed by atoms with E-state index in [2.05, 4.69) is 11.4 Å². The number of nitrogens with one attached hydrogen (secondary N) is 1. The summed E-state index contributed by atoms with van der Waals surface area (Å²) in [6, 6.07) is 4.55. The fourth-order valence-corrected chi connectivity index (χ4v) is 2.92. The molecule has 0 saturated carbocycles. The Kier molecular flexibility index (Phi) is 5.16. The first-order chi connectivity index (χ1) is 8.79. The number of thiophene rings is 1. The molecule has 100 valence electrons. The number of hydrogen-bond donors (Lipinski definition) is 1. The molecule has 1 aliphatic heterocycles. The van der Waals surface area contributed by atoms with Gasteiger partial charge in [-0.15, -0.1) is 11.3 Å². The maximum Gasteiger partial charge on any atom is 0.307 e. The zero-order valence-corrected chi connectivity index (χ0v) is 11.4. The normalized spacial score (nSPS) is 18.5. The number of carbonyl (C=O) groups is 1. The standard InChI is InChI=1S/C13H19NO3S/c1-16-13(15)9-11(12-3-2-8-18-12)14-10-4-6-17-7-5-10/h2-3,8,10-11,14H,4-7,9H2,1H3. The van der Waals surface area contributed by atoms with Crippen molar-refractivity contribution in [1.82, 2.24) is 5.32 Å². The van der Waals surface area contributed by atoms with Crippen LogP contribution in [0.3, 0.4) is 0 Å². The van der Waals surface area contributed by atoms with Gasteiger partial charge in [0.25, 0.3) is 0 Å². The molecule has 1 saturated heterocycles. The molecule has 1 aromatic rings. The molecular weight excluding hydrogens is 250 g/mol. The van der Waals surface area contributed by atoms with Gasteiger partial charge in [0.2, 0.25) is 0 Å². The second-order valence-corrected chi connectivity index (χ2v) is 5.38. The van der Waals surface area contributed by atoms with Gasteiger partial charge in [-0.3, -0.25) is 4.79 Å². The van der Waals surface area contributed by atoms with Crippen LogP contribution in [-0.2, 0) is 14.3 Å². The minimum atomic E-state index is -0.173. The van der Waals surface area contributed by atoms with Crippen LogP contribution >= 0.6 is 11.3 Å². The van der Waals surface area contributed by atoms with Crippen LogP contribution < -0.4 is 5.32 Å². The Hall–Kier alpha value is -0.910. The van der Waals surface area contributed by atoms with Crippen LogP contribution in [0.15, 0.2) is 17.5 Å². The fourth-order valence-electron chi connectivity index (χ4n) is 2.13. The summed E-state index contributed by atoms with van der Waals surface area (Å²) in [5.41, 5.74) is 0. The SMILES string of the molecule is COC(=O)CC(NC1CCOCC1)c1cccs1. The van der Waals surface area contributed by atoms with E-state index in [-0.39, 0.29) is 12.0 Å². The number of methoxy groups -OCH3 is 1. The van der Waals surface area contributed by atoms with E-state index in [9.17, 15) is 4.79 Å². The third-order valence-corrected chi connectivity index (χ3v) is 4.13. The molecular formula is C13H19NO3S. The van der Waals surface area contributed by atoms with Crippen molar-refractivity contribution in [1.29, 1.82) is 0 Å². The van der Waals surface area contributed by atoms with Gasteiger partial charge in [-0.05, 0) is 24.3 Å². The molecule has 0 radical (unpaired) electrons. The van der Waals surface area contributed by atoms with Crippen molar-refractivity contribution in [2.75, 3.05) is 20.3 Å². The van der Waals surface area contributed by atoms with Crippen molar-refractivity contribution in [3.05, 3.63) is 22.4 Å². The summed E-state index contributed by atoms with van der Waals surface area (Å²) >= 11 is 1.67. The minimum Gasteiger partial charge on any atom is -0.469 e. The monoisotopic (exact) mass is 269 g/mol. The fraction of sp³-hybridized carbons (Fsp3) is 0.615. The molecule has 0 bridgehead atoms. The summed E-state index contributed by atoms with van der Waals surface area (Å²) in [7, 11) is 1.43. The number of rotatable bonds is 5. The molecule has 0 amide bonds. The first-order valence-corrected chi connectivity index (χ1v) is 7.11. The first kappa shape index (κ1) is 13.5. The van der Waals surface area contributed by atoms with Crippen LogP contribution in [0, 0.1) is 0 Å². The number of ether oxygens (including phenoxy) is 2. The van der Waals surface area contributed by atoms with Crippen molar-refractivity contribution >= 4 is 17.3 Å². The predicted octanol–water partition coefficient (Wildman–Crippen LogP) is 2.12. The van der Waals surface area contributed by atoms with Gasteiger partial charge in [0.15, 0.2) is 0 Å². The summed E-state index contributed by atoms with van der Waals surface area (Å²) in [6.45, 7) is 1.60. The van der Waals surface area contributed by atoms with Gasteiger partial charge in [-0.2, -0.15) is 0 Å². The summed E-state index contributed by atoms with van der Waals surface area (Å²) in [6.07, 6.45) is 2.39. The molecule has 1 aliphatic rings. The third kappa shape index (κ3) is 3.80. The summed E-state index contributed by atoms with van der Waals surface area (Å²) in [5, 5.41) is 5.59. The molecule has 0 aliphatic carbocycles. The van der Waals surface area contributed by atoms with Crippen molar-refractivity contribution in [2.24, 2.45) is 0 Å². The molecule has 1 atom stereocenters. The van der Waals surface area contributed by atoms with Gasteiger partial charge >= 0.3 is 5.97 Å². The highest BCUT2D eigenvalue weighted by Gasteiger charge is 2.22. The highest BCUT2D eigenvalue weighted by atomic mass is 32.1. The van der Waals surface area contributed by atoms with Crippen LogP contribution in [0.1, 0.15) is 30.2 Å². The quantitative estimate of drug-likeness (QED) is 0.832. The Morgan fingerprint density at radius 2 is 2.39 bits per heavy atom. The summed E-state index contributed by atoms with van der Waals surface area (Å²) < 4.78 is 10.1. The number of carbonyl (C=O) groups excluding carboxylic acids is 1. The lowest BCUT2D eigenvalue weighted by molar-refractivity contribution is -0.141. The van der Waals surface area contributed by atoms with E-state index < -0.39 is 0 Å². The maximum atomic E-state index is 11.5. The molecule has 0 spiro atoms. The van der Waals surface area contributed by atoms with E-state index in [1.165, 1.54) is 12.0 Å². The number of esters is 1. The number of hydrogen-bond acceptors (Lipinski definition) is 5. The van der Waals surface area contributed by atoms with Gasteiger partial charge in [-0.25, -0.2) is 0 Å². The van der Waals surface area contributed by atoms with Crippen molar-refractivity contribution in [3.8, 4) is 0 Å². The van der Waals surface area contributed by atoms with E-state index in [0.717, 1.165) is 26.1 Å². The van der Waals surface area contributed by atoms with Crippen LogP contribution in [0.2, 0.25) is 0 Å². The third-order valence-electron chi connectivity index (χ3n) is 3.14. The first-order valence-electron chi connectivity index (χ1n) is 6.23. The highest BCUT2D eigenvalue weighted by molar-refractivity contribution is 7.10. The van der Waals surface area contributed by atoms with Gasteiger partial charge in [0.1, 0.15) is 0 Å². The van der Waals surface area contributed by atoms with Crippen molar-refractivity contribution in [2.45, 2.75) is 31.3 Å². The Bertz CT molecular complexity index is 360. The Morgan fingerprint density at radius 1 is 1.61 bits per heavy atom. The van der Waals surface area contributed by atoms with Gasteiger partial charge < -0.3 is 14.8 Å². The summed E-state index contributed by atoms with van der Waals surface area (Å²) in [4.78, 5) is 12.7. The van der Waals surface area contributed by atoms with Crippen LogP contribution in [0.4, 0.5) is 0 Å². The molecule has 5 heteroatoms. The van der Waals surface area contributed by atoms with Crippen LogP contribution in [-0.4, -0.2) is 32.3 Å². The molecule has 1 aromatic heterocycles.